The summed E-state index contributed by atoms with van der Waals surface area (Å²) in [6.07, 6.45) is -4.71. The van der Waals surface area contributed by atoms with Crippen LogP contribution in [0.3, 0.4) is 0 Å². The van der Waals surface area contributed by atoms with E-state index in [4.69, 9.17) is 16.3 Å². The van der Waals surface area contributed by atoms with Gasteiger partial charge in [0.2, 0.25) is 0 Å². The lowest BCUT2D eigenvalue weighted by Gasteiger charge is -2.15. The number of alkyl halides is 3. The van der Waals surface area contributed by atoms with Gasteiger partial charge in [0.1, 0.15) is 11.5 Å². The first-order valence-corrected chi connectivity index (χ1v) is 5.06. The predicted molar refractivity (Wildman–Crippen MR) is 57.4 cm³/mol. The van der Waals surface area contributed by atoms with Crippen molar-refractivity contribution >= 4 is 17.4 Å². The van der Waals surface area contributed by atoms with Gasteiger partial charge in [-0.2, -0.15) is 13.2 Å². The second-order valence-corrected chi connectivity index (χ2v) is 3.96. The van der Waals surface area contributed by atoms with Crippen molar-refractivity contribution in [3.05, 3.63) is 28.3 Å². The minimum atomic E-state index is -4.57. The quantitative estimate of drug-likeness (QED) is 0.837. The lowest BCUT2D eigenvalue weighted by atomic mass is 10.0. The van der Waals surface area contributed by atoms with Crippen molar-refractivity contribution in [2.75, 3.05) is 7.11 Å². The highest BCUT2D eigenvalue weighted by Gasteiger charge is 2.35. The second-order valence-electron chi connectivity index (χ2n) is 3.52. The van der Waals surface area contributed by atoms with Gasteiger partial charge in [0.15, 0.2) is 0 Å². The normalized spacial score (nSPS) is 11.4. The molecular formula is C11H10ClF3O2. The number of ketones is 1. The molecule has 0 aliphatic carbocycles. The average molecular weight is 267 g/mol. The van der Waals surface area contributed by atoms with Crippen LogP contribution < -0.4 is 4.74 Å². The summed E-state index contributed by atoms with van der Waals surface area (Å²) in [6, 6.07) is 2.08. The Balaban J connectivity index is 3.40. The van der Waals surface area contributed by atoms with Crippen LogP contribution in [-0.4, -0.2) is 12.9 Å². The smallest absolute Gasteiger partial charge is 0.420 e. The molecule has 0 saturated carbocycles. The van der Waals surface area contributed by atoms with Crippen molar-refractivity contribution in [2.45, 2.75) is 19.5 Å². The zero-order valence-electron chi connectivity index (χ0n) is 9.19. The van der Waals surface area contributed by atoms with E-state index in [0.717, 1.165) is 13.2 Å². The fourth-order valence-electron chi connectivity index (χ4n) is 1.50. The van der Waals surface area contributed by atoms with Gasteiger partial charge in [-0.05, 0) is 19.1 Å². The molecule has 0 fully saturated rings. The van der Waals surface area contributed by atoms with Crippen molar-refractivity contribution in [2.24, 2.45) is 0 Å². The van der Waals surface area contributed by atoms with E-state index in [0.29, 0.717) is 0 Å². The fourth-order valence-corrected chi connectivity index (χ4v) is 1.74. The Labute approximate surface area is 101 Å². The van der Waals surface area contributed by atoms with Crippen LogP contribution in [0.5, 0.6) is 5.75 Å². The summed E-state index contributed by atoms with van der Waals surface area (Å²) in [6.45, 7) is 1.29. The van der Waals surface area contributed by atoms with Crippen molar-refractivity contribution in [1.82, 2.24) is 0 Å². The number of rotatable bonds is 3. The molecule has 94 valence electrons. The molecule has 1 rings (SSSR count). The zero-order valence-corrected chi connectivity index (χ0v) is 9.95. The number of carbonyl (C=O) groups excluding carboxylic acids is 1. The van der Waals surface area contributed by atoms with Crippen LogP contribution in [-0.2, 0) is 17.4 Å². The van der Waals surface area contributed by atoms with Crippen molar-refractivity contribution < 1.29 is 22.7 Å². The topological polar surface area (TPSA) is 26.3 Å². The third-order valence-electron chi connectivity index (χ3n) is 2.08. The average Bonchev–Trinajstić information content (AvgIpc) is 2.14. The van der Waals surface area contributed by atoms with Crippen molar-refractivity contribution in [1.29, 1.82) is 0 Å². The van der Waals surface area contributed by atoms with Crippen LogP contribution in [0.2, 0.25) is 5.02 Å². The largest absolute Gasteiger partial charge is 0.496 e. The molecule has 0 atom stereocenters. The maximum atomic E-state index is 12.7. The minimum Gasteiger partial charge on any atom is -0.496 e. The maximum Gasteiger partial charge on any atom is 0.420 e. The van der Waals surface area contributed by atoms with Crippen LogP contribution in [0.25, 0.3) is 0 Å². The summed E-state index contributed by atoms with van der Waals surface area (Å²) in [5, 5.41) is -0.0747. The van der Waals surface area contributed by atoms with E-state index >= 15 is 0 Å². The second kappa shape index (κ2) is 4.96. The van der Waals surface area contributed by atoms with Crippen molar-refractivity contribution in [3.63, 3.8) is 0 Å². The molecule has 0 N–H and O–H groups in total. The number of hydrogen-bond acceptors (Lipinski definition) is 2. The highest BCUT2D eigenvalue weighted by molar-refractivity contribution is 6.30. The molecule has 1 aromatic rings. The van der Waals surface area contributed by atoms with Gasteiger partial charge in [0.25, 0.3) is 0 Å². The van der Waals surface area contributed by atoms with Gasteiger partial charge in [0, 0.05) is 17.0 Å². The first-order chi connectivity index (χ1) is 7.75. The molecule has 17 heavy (non-hydrogen) atoms. The SMILES string of the molecule is COc1c(CC(C)=O)cc(Cl)cc1C(F)(F)F. The molecule has 0 heterocycles. The first kappa shape index (κ1) is 13.8. The molecule has 0 aliphatic heterocycles. The zero-order chi connectivity index (χ0) is 13.2. The Morgan fingerprint density at radius 3 is 2.41 bits per heavy atom. The minimum absolute atomic E-state index is 0.0747. The number of halogens is 4. The highest BCUT2D eigenvalue weighted by Crippen LogP contribution is 2.40. The lowest BCUT2D eigenvalue weighted by Crippen LogP contribution is -2.10. The Hall–Kier alpha value is -1.23. The molecule has 0 saturated heterocycles. The molecule has 6 heteroatoms. The van der Waals surface area contributed by atoms with E-state index in [1.807, 2.05) is 0 Å². The van der Waals surface area contributed by atoms with Crippen LogP contribution in [0.4, 0.5) is 13.2 Å². The summed E-state index contributed by atoms with van der Waals surface area (Å²) in [7, 11) is 1.13. The molecule has 0 radical (unpaired) electrons. The van der Waals surface area contributed by atoms with Gasteiger partial charge in [-0.25, -0.2) is 0 Å². The van der Waals surface area contributed by atoms with E-state index in [-0.39, 0.29) is 28.5 Å². The van der Waals surface area contributed by atoms with E-state index in [2.05, 4.69) is 0 Å². The summed E-state index contributed by atoms with van der Waals surface area (Å²) >= 11 is 5.60. The number of benzene rings is 1. The van der Waals surface area contributed by atoms with Crippen LogP contribution in [0.1, 0.15) is 18.1 Å². The third kappa shape index (κ3) is 3.36. The molecule has 0 amide bonds. The Kier molecular flexibility index (Phi) is 4.03. The van der Waals surface area contributed by atoms with E-state index < -0.39 is 11.7 Å². The monoisotopic (exact) mass is 266 g/mol. The van der Waals surface area contributed by atoms with E-state index in [1.54, 1.807) is 0 Å². The van der Waals surface area contributed by atoms with Gasteiger partial charge in [-0.15, -0.1) is 0 Å². The van der Waals surface area contributed by atoms with Gasteiger partial charge >= 0.3 is 6.18 Å². The number of ether oxygens (including phenoxy) is 1. The number of hydrogen-bond donors (Lipinski definition) is 0. The van der Waals surface area contributed by atoms with Crippen LogP contribution in [0, 0.1) is 0 Å². The molecule has 2 nitrogen and oxygen atoms in total. The van der Waals surface area contributed by atoms with Gasteiger partial charge in [-0.3, -0.25) is 4.79 Å². The molecule has 1 aromatic carbocycles. The molecule has 0 aliphatic rings. The van der Waals surface area contributed by atoms with Gasteiger partial charge in [-0.1, -0.05) is 11.6 Å². The van der Waals surface area contributed by atoms with Crippen molar-refractivity contribution in [3.8, 4) is 5.75 Å². The maximum absolute atomic E-state index is 12.7. The molecule has 0 bridgehead atoms. The highest BCUT2D eigenvalue weighted by atomic mass is 35.5. The Bertz CT molecular complexity index is 441. The molecule has 0 aromatic heterocycles. The fraction of sp³-hybridized carbons (Fsp3) is 0.364. The first-order valence-electron chi connectivity index (χ1n) is 4.68. The number of Topliss-reactive ketones (excluding diaryl/α,β-unsaturated/α-hetero) is 1. The van der Waals surface area contributed by atoms with E-state index in [9.17, 15) is 18.0 Å². The molecule has 0 unspecified atom stereocenters. The Morgan fingerprint density at radius 1 is 1.41 bits per heavy atom. The summed E-state index contributed by atoms with van der Waals surface area (Å²) in [4.78, 5) is 11.0. The standard InChI is InChI=1S/C11H10ClF3O2/c1-6(16)3-7-4-8(12)5-9(10(7)17-2)11(13,14)15/h4-5H,3H2,1-2H3. The van der Waals surface area contributed by atoms with E-state index in [1.165, 1.54) is 13.0 Å². The lowest BCUT2D eigenvalue weighted by molar-refractivity contribution is -0.138. The number of carbonyl (C=O) groups is 1. The van der Waals surface area contributed by atoms with Crippen LogP contribution >= 0.6 is 11.6 Å². The van der Waals surface area contributed by atoms with Gasteiger partial charge in [0.05, 0.1) is 12.7 Å². The summed E-state index contributed by atoms with van der Waals surface area (Å²) in [5.41, 5.74) is -0.830. The number of methoxy groups -OCH3 is 1. The molecular weight excluding hydrogens is 257 g/mol. The summed E-state index contributed by atoms with van der Waals surface area (Å²) < 4.78 is 42.9. The Morgan fingerprint density at radius 2 is 2.00 bits per heavy atom. The molecule has 0 spiro atoms. The van der Waals surface area contributed by atoms with Crippen LogP contribution in [0.15, 0.2) is 12.1 Å². The summed E-state index contributed by atoms with van der Waals surface area (Å²) in [5.74, 6) is -0.615. The third-order valence-corrected chi connectivity index (χ3v) is 2.30. The van der Waals surface area contributed by atoms with Gasteiger partial charge < -0.3 is 4.74 Å². The predicted octanol–water partition coefficient (Wildman–Crippen LogP) is 3.50.